The minimum atomic E-state index is -0.579. The Kier molecular flexibility index (Phi) is 4.90. The first-order valence-corrected chi connectivity index (χ1v) is 6.20. The summed E-state index contributed by atoms with van der Waals surface area (Å²) in [5.41, 5.74) is -0.579. The first-order valence-electron chi connectivity index (χ1n) is 6.20. The van der Waals surface area contributed by atoms with Crippen molar-refractivity contribution >= 4 is 0 Å². The van der Waals surface area contributed by atoms with Crippen LogP contribution in [0.5, 0.6) is 0 Å². The van der Waals surface area contributed by atoms with E-state index in [1.54, 1.807) is 0 Å². The van der Waals surface area contributed by atoms with E-state index in [0.29, 0.717) is 5.92 Å². The smallest absolute Gasteiger partial charge is 0.118 e. The SMILES string of the molecule is CCCC(O)(NCC)C1CCCCC1. The van der Waals surface area contributed by atoms with Gasteiger partial charge in [-0.1, -0.05) is 39.5 Å². The van der Waals surface area contributed by atoms with E-state index in [1.807, 2.05) is 0 Å². The standard InChI is InChI=1S/C12H25NO/c1-3-10-12(14,13-4-2)11-8-6-5-7-9-11/h11,13-14H,3-10H2,1-2H3. The molecule has 1 fully saturated rings. The van der Waals surface area contributed by atoms with Gasteiger partial charge in [0.25, 0.3) is 0 Å². The van der Waals surface area contributed by atoms with Crippen LogP contribution in [-0.4, -0.2) is 17.4 Å². The van der Waals surface area contributed by atoms with Gasteiger partial charge in [0, 0.05) is 5.92 Å². The van der Waals surface area contributed by atoms with Gasteiger partial charge in [0.05, 0.1) is 0 Å². The molecule has 0 aromatic carbocycles. The second-order valence-corrected chi connectivity index (χ2v) is 4.54. The highest BCUT2D eigenvalue weighted by atomic mass is 16.3. The molecule has 2 heteroatoms. The zero-order valence-corrected chi connectivity index (χ0v) is 9.68. The molecular formula is C12H25NO. The fourth-order valence-corrected chi connectivity index (χ4v) is 2.70. The highest BCUT2D eigenvalue weighted by Crippen LogP contribution is 2.33. The van der Waals surface area contributed by atoms with Crippen molar-refractivity contribution in [2.45, 2.75) is 64.5 Å². The number of rotatable bonds is 5. The summed E-state index contributed by atoms with van der Waals surface area (Å²) >= 11 is 0. The fraction of sp³-hybridized carbons (Fsp3) is 1.00. The third-order valence-corrected chi connectivity index (χ3v) is 3.39. The molecule has 0 spiro atoms. The van der Waals surface area contributed by atoms with Crippen LogP contribution in [-0.2, 0) is 0 Å². The van der Waals surface area contributed by atoms with Crippen molar-refractivity contribution in [1.82, 2.24) is 5.32 Å². The Labute approximate surface area is 88.1 Å². The molecule has 0 amide bonds. The molecule has 1 aliphatic carbocycles. The summed E-state index contributed by atoms with van der Waals surface area (Å²) in [5.74, 6) is 0.483. The van der Waals surface area contributed by atoms with Crippen molar-refractivity contribution < 1.29 is 5.11 Å². The second-order valence-electron chi connectivity index (χ2n) is 4.54. The summed E-state index contributed by atoms with van der Waals surface area (Å²) in [6.45, 7) is 5.08. The number of hydrogen-bond acceptors (Lipinski definition) is 2. The molecule has 0 saturated heterocycles. The molecule has 1 rings (SSSR count). The molecule has 1 aliphatic rings. The lowest BCUT2D eigenvalue weighted by atomic mass is 9.79. The van der Waals surface area contributed by atoms with Crippen molar-refractivity contribution in [3.05, 3.63) is 0 Å². The molecule has 14 heavy (non-hydrogen) atoms. The van der Waals surface area contributed by atoms with E-state index < -0.39 is 5.72 Å². The Morgan fingerprint density at radius 1 is 1.21 bits per heavy atom. The van der Waals surface area contributed by atoms with Crippen LogP contribution < -0.4 is 5.32 Å². The molecule has 1 unspecified atom stereocenters. The largest absolute Gasteiger partial charge is 0.376 e. The summed E-state index contributed by atoms with van der Waals surface area (Å²) in [6.07, 6.45) is 8.29. The van der Waals surface area contributed by atoms with Crippen molar-refractivity contribution in [1.29, 1.82) is 0 Å². The molecular weight excluding hydrogens is 174 g/mol. The maximum Gasteiger partial charge on any atom is 0.118 e. The molecule has 0 heterocycles. The van der Waals surface area contributed by atoms with Gasteiger partial charge in [0.2, 0.25) is 0 Å². The van der Waals surface area contributed by atoms with Gasteiger partial charge in [-0.3, -0.25) is 5.32 Å². The van der Waals surface area contributed by atoms with Crippen LogP contribution in [0.1, 0.15) is 58.8 Å². The Bertz CT molecular complexity index is 146. The first kappa shape index (κ1) is 12.0. The van der Waals surface area contributed by atoms with E-state index >= 15 is 0 Å². The number of hydrogen-bond donors (Lipinski definition) is 2. The molecule has 0 aromatic heterocycles. The molecule has 1 atom stereocenters. The van der Waals surface area contributed by atoms with Crippen LogP contribution in [0.3, 0.4) is 0 Å². The van der Waals surface area contributed by atoms with Gasteiger partial charge >= 0.3 is 0 Å². The van der Waals surface area contributed by atoms with E-state index in [1.165, 1.54) is 32.1 Å². The maximum absolute atomic E-state index is 10.5. The summed E-state index contributed by atoms with van der Waals surface area (Å²) in [5, 5.41) is 13.8. The topological polar surface area (TPSA) is 32.3 Å². The Morgan fingerprint density at radius 3 is 2.36 bits per heavy atom. The number of aliphatic hydroxyl groups is 1. The lowest BCUT2D eigenvalue weighted by molar-refractivity contribution is -0.0681. The normalized spacial score (nSPS) is 23.4. The summed E-state index contributed by atoms with van der Waals surface area (Å²) in [4.78, 5) is 0. The van der Waals surface area contributed by atoms with E-state index in [9.17, 15) is 5.11 Å². The van der Waals surface area contributed by atoms with Gasteiger partial charge in [-0.15, -0.1) is 0 Å². The Balaban J connectivity index is 2.54. The average molecular weight is 199 g/mol. The van der Waals surface area contributed by atoms with Crippen molar-refractivity contribution in [3.63, 3.8) is 0 Å². The zero-order chi connectivity index (χ0) is 10.4. The van der Waals surface area contributed by atoms with Crippen LogP contribution in [0.15, 0.2) is 0 Å². The first-order chi connectivity index (χ1) is 6.73. The third kappa shape index (κ3) is 2.96. The number of nitrogens with one attached hydrogen (secondary N) is 1. The van der Waals surface area contributed by atoms with Gasteiger partial charge < -0.3 is 5.11 Å². The molecule has 0 bridgehead atoms. The van der Waals surface area contributed by atoms with E-state index in [0.717, 1.165) is 19.4 Å². The predicted molar refractivity (Wildman–Crippen MR) is 60.1 cm³/mol. The van der Waals surface area contributed by atoms with Crippen LogP contribution in [0.4, 0.5) is 0 Å². The molecule has 84 valence electrons. The molecule has 2 nitrogen and oxygen atoms in total. The maximum atomic E-state index is 10.5. The predicted octanol–water partition coefficient (Wildman–Crippen LogP) is 2.66. The van der Waals surface area contributed by atoms with Gasteiger partial charge in [-0.25, -0.2) is 0 Å². The molecule has 1 saturated carbocycles. The Morgan fingerprint density at radius 2 is 1.86 bits per heavy atom. The van der Waals surface area contributed by atoms with E-state index in [-0.39, 0.29) is 0 Å². The summed E-state index contributed by atoms with van der Waals surface area (Å²) in [6, 6.07) is 0. The van der Waals surface area contributed by atoms with Gasteiger partial charge in [0.15, 0.2) is 0 Å². The third-order valence-electron chi connectivity index (χ3n) is 3.39. The van der Waals surface area contributed by atoms with Crippen molar-refractivity contribution in [2.24, 2.45) is 5.92 Å². The van der Waals surface area contributed by atoms with Crippen molar-refractivity contribution in [3.8, 4) is 0 Å². The summed E-state index contributed by atoms with van der Waals surface area (Å²) in [7, 11) is 0. The fourth-order valence-electron chi connectivity index (χ4n) is 2.70. The lowest BCUT2D eigenvalue weighted by Gasteiger charge is -2.39. The molecule has 0 aliphatic heterocycles. The molecule has 2 N–H and O–H groups in total. The van der Waals surface area contributed by atoms with Crippen LogP contribution in [0, 0.1) is 5.92 Å². The van der Waals surface area contributed by atoms with Crippen LogP contribution in [0.25, 0.3) is 0 Å². The van der Waals surface area contributed by atoms with Gasteiger partial charge in [-0.05, 0) is 25.8 Å². The Hall–Kier alpha value is -0.0800. The van der Waals surface area contributed by atoms with Crippen LogP contribution >= 0.6 is 0 Å². The minimum Gasteiger partial charge on any atom is -0.376 e. The highest BCUT2D eigenvalue weighted by Gasteiger charge is 2.35. The monoisotopic (exact) mass is 199 g/mol. The quantitative estimate of drug-likeness (QED) is 0.667. The average Bonchev–Trinajstić information content (AvgIpc) is 2.20. The molecule has 0 radical (unpaired) electrons. The zero-order valence-electron chi connectivity index (χ0n) is 9.68. The van der Waals surface area contributed by atoms with E-state index in [4.69, 9.17) is 0 Å². The van der Waals surface area contributed by atoms with Gasteiger partial charge in [-0.2, -0.15) is 0 Å². The van der Waals surface area contributed by atoms with Crippen LogP contribution in [0.2, 0.25) is 0 Å². The second kappa shape index (κ2) is 5.72. The van der Waals surface area contributed by atoms with Gasteiger partial charge in [0.1, 0.15) is 5.72 Å². The lowest BCUT2D eigenvalue weighted by Crippen LogP contribution is -2.51. The summed E-state index contributed by atoms with van der Waals surface area (Å²) < 4.78 is 0. The minimum absolute atomic E-state index is 0.483. The molecule has 0 aromatic rings. The highest BCUT2D eigenvalue weighted by molar-refractivity contribution is 4.85. The van der Waals surface area contributed by atoms with E-state index in [2.05, 4.69) is 19.2 Å². The van der Waals surface area contributed by atoms with Crippen molar-refractivity contribution in [2.75, 3.05) is 6.54 Å².